The monoisotopic (exact) mass is 312 g/mol. The van der Waals surface area contributed by atoms with Crippen LogP contribution in [0.25, 0.3) is 0 Å². The maximum absolute atomic E-state index is 11.8. The summed E-state index contributed by atoms with van der Waals surface area (Å²) in [6.45, 7) is 6.77. The minimum absolute atomic E-state index is 0.169. The fourth-order valence-electron chi connectivity index (χ4n) is 2.01. The number of benzene rings is 1. The Morgan fingerprint density at radius 3 is 2.62 bits per heavy atom. The number of hydrogen-bond acceptors (Lipinski definition) is 4. The molecule has 2 rings (SSSR count). The predicted octanol–water partition coefficient (Wildman–Crippen LogP) is 3.38. The molecule has 0 spiro atoms. The first-order chi connectivity index (χ1) is 9.78. The van der Waals surface area contributed by atoms with Crippen LogP contribution in [0, 0.1) is 0 Å². The van der Waals surface area contributed by atoms with Gasteiger partial charge in [0.2, 0.25) is 0 Å². The maximum Gasteiger partial charge on any atom is 0.410 e. The molecule has 1 amide bonds. The van der Waals surface area contributed by atoms with Gasteiger partial charge in [-0.1, -0.05) is 11.6 Å². The van der Waals surface area contributed by atoms with Gasteiger partial charge in [0.25, 0.3) is 0 Å². The number of methoxy groups -OCH3 is 1. The molecule has 0 atom stereocenters. The average molecular weight is 313 g/mol. The number of ether oxygens (including phenoxy) is 2. The van der Waals surface area contributed by atoms with E-state index in [0.717, 1.165) is 11.4 Å². The van der Waals surface area contributed by atoms with E-state index in [1.165, 1.54) is 0 Å². The normalized spacial score (nSPS) is 15.4. The smallest absolute Gasteiger partial charge is 0.410 e. The summed E-state index contributed by atoms with van der Waals surface area (Å²) in [6, 6.07) is 5.61. The molecule has 0 saturated carbocycles. The summed E-state index contributed by atoms with van der Waals surface area (Å²) in [5, 5.41) is 3.94. The van der Waals surface area contributed by atoms with Crippen LogP contribution in [0.5, 0.6) is 5.75 Å². The van der Waals surface area contributed by atoms with Gasteiger partial charge in [0.15, 0.2) is 0 Å². The van der Waals surface area contributed by atoms with Crippen LogP contribution >= 0.6 is 11.6 Å². The van der Waals surface area contributed by atoms with E-state index in [-0.39, 0.29) is 12.1 Å². The van der Waals surface area contributed by atoms with E-state index in [1.807, 2.05) is 26.8 Å². The minimum atomic E-state index is -0.467. The van der Waals surface area contributed by atoms with Crippen LogP contribution in [0.15, 0.2) is 18.2 Å². The first-order valence-corrected chi connectivity index (χ1v) is 7.24. The number of amides is 1. The summed E-state index contributed by atoms with van der Waals surface area (Å²) in [5.41, 5.74) is 0.343. The highest BCUT2D eigenvalue weighted by molar-refractivity contribution is 6.33. The number of anilines is 1. The van der Waals surface area contributed by atoms with E-state index in [9.17, 15) is 4.79 Å². The molecule has 0 aromatic heterocycles. The van der Waals surface area contributed by atoms with Gasteiger partial charge in [0, 0.05) is 19.2 Å². The van der Waals surface area contributed by atoms with Crippen LogP contribution < -0.4 is 10.1 Å². The lowest BCUT2D eigenvalue weighted by molar-refractivity contribution is 0.0105. The lowest BCUT2D eigenvalue weighted by Crippen LogP contribution is -2.57. The van der Waals surface area contributed by atoms with Crippen molar-refractivity contribution in [2.75, 3.05) is 25.5 Å². The Hall–Kier alpha value is -1.62. The van der Waals surface area contributed by atoms with Gasteiger partial charge >= 0.3 is 6.09 Å². The highest BCUT2D eigenvalue weighted by Gasteiger charge is 2.33. The SMILES string of the molecule is COc1ccc(Cl)c(NC2CN(C(=O)OC(C)(C)C)C2)c1. The van der Waals surface area contributed by atoms with Gasteiger partial charge in [-0.05, 0) is 32.9 Å². The largest absolute Gasteiger partial charge is 0.497 e. The predicted molar refractivity (Wildman–Crippen MR) is 83.2 cm³/mol. The molecule has 21 heavy (non-hydrogen) atoms. The Morgan fingerprint density at radius 2 is 2.05 bits per heavy atom. The van der Waals surface area contributed by atoms with Crippen LogP contribution in [-0.2, 0) is 4.74 Å². The van der Waals surface area contributed by atoms with E-state index < -0.39 is 5.60 Å². The molecular weight excluding hydrogens is 292 g/mol. The number of carbonyl (C=O) groups is 1. The summed E-state index contributed by atoms with van der Waals surface area (Å²) >= 11 is 6.14. The van der Waals surface area contributed by atoms with E-state index in [0.29, 0.717) is 18.1 Å². The molecule has 0 radical (unpaired) electrons. The molecule has 1 aromatic carbocycles. The summed E-state index contributed by atoms with van der Waals surface area (Å²) in [5.74, 6) is 0.741. The Bertz CT molecular complexity index is 522. The fraction of sp³-hybridized carbons (Fsp3) is 0.533. The standard InChI is InChI=1S/C15H21ClN2O3/c1-15(2,3)21-14(19)18-8-10(9-18)17-13-7-11(20-4)5-6-12(13)16/h5-7,10,17H,8-9H2,1-4H3. The highest BCUT2D eigenvalue weighted by atomic mass is 35.5. The Kier molecular flexibility index (Phi) is 4.52. The average Bonchev–Trinajstić information content (AvgIpc) is 2.32. The van der Waals surface area contributed by atoms with Gasteiger partial charge in [0.05, 0.1) is 23.9 Å². The summed E-state index contributed by atoms with van der Waals surface area (Å²) in [4.78, 5) is 13.5. The first kappa shape index (κ1) is 15.8. The minimum Gasteiger partial charge on any atom is -0.497 e. The molecule has 1 heterocycles. The van der Waals surface area contributed by atoms with E-state index >= 15 is 0 Å². The van der Waals surface area contributed by atoms with Crippen molar-refractivity contribution in [3.8, 4) is 5.75 Å². The van der Waals surface area contributed by atoms with Gasteiger partial charge in [-0.25, -0.2) is 4.79 Å². The van der Waals surface area contributed by atoms with E-state index in [4.69, 9.17) is 21.1 Å². The summed E-state index contributed by atoms with van der Waals surface area (Å²) < 4.78 is 10.5. The van der Waals surface area contributed by atoms with E-state index in [1.54, 1.807) is 24.1 Å². The van der Waals surface area contributed by atoms with Crippen LogP contribution in [0.4, 0.5) is 10.5 Å². The molecule has 1 aliphatic rings. The molecule has 5 nitrogen and oxygen atoms in total. The Morgan fingerprint density at radius 1 is 1.38 bits per heavy atom. The zero-order valence-electron chi connectivity index (χ0n) is 12.8. The maximum atomic E-state index is 11.8. The number of nitrogens with zero attached hydrogens (tertiary/aromatic N) is 1. The molecule has 1 N–H and O–H groups in total. The number of nitrogens with one attached hydrogen (secondary N) is 1. The third-order valence-corrected chi connectivity index (χ3v) is 3.40. The Labute approximate surface area is 130 Å². The lowest BCUT2D eigenvalue weighted by atomic mass is 10.1. The molecule has 0 unspecified atom stereocenters. The molecule has 1 fully saturated rings. The molecule has 0 bridgehead atoms. The third kappa shape index (κ3) is 4.17. The van der Waals surface area contributed by atoms with Crippen molar-refractivity contribution < 1.29 is 14.3 Å². The number of likely N-dealkylation sites (tertiary alicyclic amines) is 1. The highest BCUT2D eigenvalue weighted by Crippen LogP contribution is 2.28. The molecule has 1 aliphatic heterocycles. The number of halogens is 1. The van der Waals surface area contributed by atoms with Crippen molar-refractivity contribution in [1.29, 1.82) is 0 Å². The van der Waals surface area contributed by atoms with Crippen LogP contribution in [-0.4, -0.2) is 42.8 Å². The van der Waals surface area contributed by atoms with Crippen molar-refractivity contribution in [3.63, 3.8) is 0 Å². The molecule has 0 aliphatic carbocycles. The number of hydrogen-bond donors (Lipinski definition) is 1. The van der Waals surface area contributed by atoms with Crippen molar-refractivity contribution in [1.82, 2.24) is 4.90 Å². The van der Waals surface area contributed by atoms with Crippen molar-refractivity contribution in [2.24, 2.45) is 0 Å². The van der Waals surface area contributed by atoms with Gasteiger partial charge in [-0.3, -0.25) is 0 Å². The molecule has 116 valence electrons. The second-order valence-electron chi connectivity index (χ2n) is 6.07. The van der Waals surface area contributed by atoms with Crippen LogP contribution in [0.1, 0.15) is 20.8 Å². The topological polar surface area (TPSA) is 50.8 Å². The second-order valence-corrected chi connectivity index (χ2v) is 6.48. The third-order valence-electron chi connectivity index (χ3n) is 3.07. The fourth-order valence-corrected chi connectivity index (χ4v) is 2.18. The van der Waals surface area contributed by atoms with Gasteiger partial charge in [0.1, 0.15) is 11.4 Å². The van der Waals surface area contributed by atoms with Gasteiger partial charge < -0.3 is 19.7 Å². The summed E-state index contributed by atoms with van der Waals surface area (Å²) in [6.07, 6.45) is -0.280. The summed E-state index contributed by atoms with van der Waals surface area (Å²) in [7, 11) is 1.61. The van der Waals surface area contributed by atoms with Crippen LogP contribution in [0.2, 0.25) is 5.02 Å². The van der Waals surface area contributed by atoms with Crippen molar-refractivity contribution in [2.45, 2.75) is 32.4 Å². The Balaban J connectivity index is 1.87. The van der Waals surface area contributed by atoms with E-state index in [2.05, 4.69) is 5.32 Å². The zero-order chi connectivity index (χ0) is 15.6. The van der Waals surface area contributed by atoms with Gasteiger partial charge in [-0.2, -0.15) is 0 Å². The molecule has 6 heteroatoms. The number of rotatable bonds is 3. The molecule has 1 saturated heterocycles. The lowest BCUT2D eigenvalue weighted by Gasteiger charge is -2.40. The molecular formula is C15H21ClN2O3. The quantitative estimate of drug-likeness (QED) is 0.929. The molecule has 1 aromatic rings. The first-order valence-electron chi connectivity index (χ1n) is 6.86. The van der Waals surface area contributed by atoms with Crippen molar-refractivity contribution >= 4 is 23.4 Å². The second kappa shape index (κ2) is 6.02. The van der Waals surface area contributed by atoms with Gasteiger partial charge in [-0.15, -0.1) is 0 Å². The zero-order valence-corrected chi connectivity index (χ0v) is 13.5. The number of carbonyl (C=O) groups excluding carboxylic acids is 1. The van der Waals surface area contributed by atoms with Crippen molar-refractivity contribution in [3.05, 3.63) is 23.2 Å². The van der Waals surface area contributed by atoms with Crippen LogP contribution in [0.3, 0.4) is 0 Å².